The first kappa shape index (κ1) is 29.2. The van der Waals surface area contributed by atoms with Gasteiger partial charge < -0.3 is 4.74 Å². The maximum Gasteiger partial charge on any atom is 0.306 e. The van der Waals surface area contributed by atoms with Crippen LogP contribution in [0.15, 0.2) is 0 Å². The topological polar surface area (TPSA) is 26.3 Å². The van der Waals surface area contributed by atoms with Gasteiger partial charge in [0.15, 0.2) is 6.17 Å². The van der Waals surface area contributed by atoms with Crippen molar-refractivity contribution in [3.63, 3.8) is 0 Å². The highest BCUT2D eigenvalue weighted by Crippen LogP contribution is 2.49. The molecule has 37 heavy (non-hydrogen) atoms. The maximum atomic E-state index is 15.2. The second-order valence-electron chi connectivity index (χ2n) is 14.0. The molecule has 0 radical (unpaired) electrons. The summed E-state index contributed by atoms with van der Waals surface area (Å²) in [6.07, 6.45) is 6.76. The molecule has 214 valence electrons. The molecular weight excluding hydrogens is 480 g/mol. The fourth-order valence-electron chi connectivity index (χ4n) is 8.39. The molecular formula is C31H50F4O2. The van der Waals surface area contributed by atoms with Gasteiger partial charge in [0.05, 0.1) is 0 Å². The Hall–Kier alpha value is -0.810. The van der Waals surface area contributed by atoms with Crippen molar-refractivity contribution in [2.45, 2.75) is 147 Å². The number of ether oxygens (including phenoxy) is 1. The van der Waals surface area contributed by atoms with Gasteiger partial charge in [-0.1, -0.05) is 12.8 Å². The van der Waals surface area contributed by atoms with E-state index in [-0.39, 0.29) is 30.6 Å². The molecule has 4 rings (SSSR count). The molecule has 0 N–H and O–H groups in total. The molecule has 0 aromatic heterocycles. The summed E-state index contributed by atoms with van der Waals surface area (Å²) < 4.78 is 62.0. The molecule has 4 aliphatic carbocycles. The van der Waals surface area contributed by atoms with E-state index in [1.807, 2.05) is 20.8 Å². The van der Waals surface area contributed by atoms with E-state index in [1.54, 1.807) is 0 Å². The Morgan fingerprint density at radius 3 is 1.62 bits per heavy atom. The van der Waals surface area contributed by atoms with E-state index in [0.717, 1.165) is 24.7 Å². The van der Waals surface area contributed by atoms with E-state index in [0.29, 0.717) is 37.0 Å². The Bertz CT molecular complexity index is 711. The minimum atomic E-state index is -2.03. The van der Waals surface area contributed by atoms with Crippen LogP contribution in [0.5, 0.6) is 0 Å². The van der Waals surface area contributed by atoms with E-state index in [2.05, 4.69) is 0 Å². The van der Waals surface area contributed by atoms with Crippen molar-refractivity contribution in [1.29, 1.82) is 0 Å². The molecule has 2 nitrogen and oxygen atoms in total. The molecule has 4 aliphatic rings. The zero-order valence-corrected chi connectivity index (χ0v) is 23.3. The second-order valence-corrected chi connectivity index (χ2v) is 14.0. The van der Waals surface area contributed by atoms with Crippen LogP contribution in [-0.2, 0) is 9.53 Å². The molecule has 0 aromatic carbocycles. The van der Waals surface area contributed by atoms with Crippen molar-refractivity contribution in [3.8, 4) is 0 Å². The lowest BCUT2D eigenvalue weighted by Crippen LogP contribution is -2.43. The predicted octanol–water partition coefficient (Wildman–Crippen LogP) is 8.90. The van der Waals surface area contributed by atoms with Crippen molar-refractivity contribution in [1.82, 2.24) is 0 Å². The van der Waals surface area contributed by atoms with E-state index in [1.165, 1.54) is 51.4 Å². The van der Waals surface area contributed by atoms with Gasteiger partial charge in [-0.2, -0.15) is 0 Å². The Kier molecular flexibility index (Phi) is 9.92. The van der Waals surface area contributed by atoms with Gasteiger partial charge in [-0.05, 0) is 139 Å². The summed E-state index contributed by atoms with van der Waals surface area (Å²) in [6.45, 7) is 5.74. The highest BCUT2D eigenvalue weighted by atomic mass is 19.2. The van der Waals surface area contributed by atoms with Crippen molar-refractivity contribution in [2.24, 2.45) is 41.4 Å². The first-order chi connectivity index (χ1) is 17.5. The molecule has 0 aromatic rings. The van der Waals surface area contributed by atoms with Crippen LogP contribution in [0.2, 0.25) is 0 Å². The zero-order valence-electron chi connectivity index (χ0n) is 23.3. The number of rotatable bonds is 6. The quantitative estimate of drug-likeness (QED) is 0.253. The lowest BCUT2D eigenvalue weighted by atomic mass is 9.62. The molecule has 0 spiro atoms. The number of esters is 1. The lowest BCUT2D eigenvalue weighted by molar-refractivity contribution is -0.155. The molecule has 5 unspecified atom stereocenters. The molecule has 0 bridgehead atoms. The first-order valence-corrected chi connectivity index (χ1v) is 15.3. The van der Waals surface area contributed by atoms with Crippen molar-refractivity contribution >= 4 is 5.97 Å². The van der Waals surface area contributed by atoms with Gasteiger partial charge in [0.1, 0.15) is 24.1 Å². The Labute approximate surface area is 222 Å². The number of alkyl halides is 4. The summed E-state index contributed by atoms with van der Waals surface area (Å²) in [6, 6.07) is 0. The molecule has 0 saturated heterocycles. The largest absolute Gasteiger partial charge is 0.460 e. The zero-order chi connectivity index (χ0) is 26.7. The molecule has 6 heteroatoms. The standard InChI is InChI=1S/C31H50F4O2/c1-31(2,3)37-29(36)15-6-19-4-7-20(8-5-19)21-9-11-22(12-10-21)23-13-14-25(26(32)16-23)24-17-27(33)30(35)28(34)18-24/h19-28,30H,4-18H2,1-3H3. The summed E-state index contributed by atoms with van der Waals surface area (Å²) in [5.74, 6) is 2.42. The smallest absolute Gasteiger partial charge is 0.306 e. The average molecular weight is 531 g/mol. The number of hydrogen-bond acceptors (Lipinski definition) is 2. The van der Waals surface area contributed by atoms with Gasteiger partial charge in [0, 0.05) is 6.42 Å². The summed E-state index contributed by atoms with van der Waals surface area (Å²) in [7, 11) is 0. The average Bonchev–Trinajstić information content (AvgIpc) is 2.85. The normalized spacial score (nSPS) is 43.8. The fourth-order valence-corrected chi connectivity index (χ4v) is 8.39. The SMILES string of the molecule is CC(C)(C)OC(=O)CCC1CCC(C2CCC(C3CCC(C4CC(F)C(F)C(F)C4)C(F)C3)CC2)CC1. The molecule has 5 atom stereocenters. The summed E-state index contributed by atoms with van der Waals surface area (Å²) in [5, 5.41) is 0. The monoisotopic (exact) mass is 530 g/mol. The van der Waals surface area contributed by atoms with Gasteiger partial charge in [-0.15, -0.1) is 0 Å². The minimum absolute atomic E-state index is 0.0221. The van der Waals surface area contributed by atoms with Crippen LogP contribution in [0.3, 0.4) is 0 Å². The van der Waals surface area contributed by atoms with Gasteiger partial charge in [0.25, 0.3) is 0 Å². The van der Waals surface area contributed by atoms with Crippen LogP contribution in [0.4, 0.5) is 17.6 Å². The molecule has 0 aliphatic heterocycles. The van der Waals surface area contributed by atoms with Crippen molar-refractivity contribution in [3.05, 3.63) is 0 Å². The predicted molar refractivity (Wildman–Crippen MR) is 139 cm³/mol. The maximum absolute atomic E-state index is 15.2. The van der Waals surface area contributed by atoms with Crippen LogP contribution < -0.4 is 0 Å². The van der Waals surface area contributed by atoms with Crippen molar-refractivity contribution < 1.29 is 27.1 Å². The van der Waals surface area contributed by atoms with Crippen LogP contribution in [-0.4, -0.2) is 36.3 Å². The third-order valence-corrected chi connectivity index (χ3v) is 10.4. The molecule has 0 amide bonds. The summed E-state index contributed by atoms with van der Waals surface area (Å²) in [4.78, 5) is 12.0. The first-order valence-electron chi connectivity index (χ1n) is 15.3. The van der Waals surface area contributed by atoms with Crippen LogP contribution in [0.1, 0.15) is 117 Å². The van der Waals surface area contributed by atoms with Gasteiger partial charge in [-0.25, -0.2) is 17.6 Å². The Balaban J connectivity index is 1.15. The number of hydrogen-bond donors (Lipinski definition) is 0. The van der Waals surface area contributed by atoms with E-state index in [4.69, 9.17) is 4.74 Å². The van der Waals surface area contributed by atoms with E-state index < -0.39 is 30.3 Å². The number of carbonyl (C=O) groups excluding carboxylic acids is 1. The Morgan fingerprint density at radius 1 is 0.649 bits per heavy atom. The van der Waals surface area contributed by atoms with Gasteiger partial charge in [0.2, 0.25) is 0 Å². The molecule has 4 saturated carbocycles. The van der Waals surface area contributed by atoms with Crippen LogP contribution >= 0.6 is 0 Å². The third-order valence-electron chi connectivity index (χ3n) is 10.4. The molecule has 4 fully saturated rings. The highest BCUT2D eigenvalue weighted by molar-refractivity contribution is 5.69. The lowest BCUT2D eigenvalue weighted by Gasteiger charge is -2.44. The van der Waals surface area contributed by atoms with Crippen LogP contribution in [0.25, 0.3) is 0 Å². The van der Waals surface area contributed by atoms with Gasteiger partial charge in [-0.3, -0.25) is 4.79 Å². The van der Waals surface area contributed by atoms with Crippen LogP contribution in [0, 0.1) is 41.4 Å². The van der Waals surface area contributed by atoms with E-state index >= 15 is 4.39 Å². The van der Waals surface area contributed by atoms with Gasteiger partial charge >= 0.3 is 5.97 Å². The third kappa shape index (κ3) is 7.87. The number of halogens is 4. The summed E-state index contributed by atoms with van der Waals surface area (Å²) in [5.41, 5.74) is -0.411. The highest BCUT2D eigenvalue weighted by Gasteiger charge is 2.46. The van der Waals surface area contributed by atoms with E-state index in [9.17, 15) is 18.0 Å². The number of carbonyl (C=O) groups is 1. The summed E-state index contributed by atoms with van der Waals surface area (Å²) >= 11 is 0. The van der Waals surface area contributed by atoms with Crippen molar-refractivity contribution in [2.75, 3.05) is 0 Å². The Morgan fingerprint density at radius 2 is 1.11 bits per heavy atom. The second kappa shape index (κ2) is 12.6. The minimum Gasteiger partial charge on any atom is -0.460 e. The molecule has 0 heterocycles. The fraction of sp³-hybridized carbons (Fsp3) is 0.968.